The molecule has 4 heteroatoms. The zero-order valence-corrected chi connectivity index (χ0v) is 8.60. The van der Waals surface area contributed by atoms with Gasteiger partial charge >= 0.3 is 0 Å². The molecule has 1 atom stereocenters. The van der Waals surface area contributed by atoms with Crippen molar-refractivity contribution in [1.82, 2.24) is 0 Å². The third-order valence-corrected chi connectivity index (χ3v) is 3.11. The average Bonchev–Trinajstić information content (AvgIpc) is 2.21. The van der Waals surface area contributed by atoms with Crippen molar-refractivity contribution in [2.45, 2.75) is 12.7 Å². The molecule has 0 saturated carbocycles. The van der Waals surface area contributed by atoms with Gasteiger partial charge in [-0.15, -0.1) is 0 Å². The molecule has 74 valence electrons. The number of nitriles is 1. The summed E-state index contributed by atoms with van der Waals surface area (Å²) >= 11 is 0. The maximum absolute atomic E-state index is 13.4. The Kier molecular flexibility index (Phi) is 3.78. The lowest BCUT2D eigenvalue weighted by Gasteiger charge is -2.02. The maximum Gasteiger partial charge on any atom is 0.145 e. The molecule has 14 heavy (non-hydrogen) atoms. The van der Waals surface area contributed by atoms with Gasteiger partial charge in [0.05, 0.1) is 11.3 Å². The van der Waals surface area contributed by atoms with E-state index < -0.39 is 16.6 Å². The van der Waals surface area contributed by atoms with Gasteiger partial charge in [0.2, 0.25) is 0 Å². The number of hydrogen-bond donors (Lipinski definition) is 0. The first-order chi connectivity index (χ1) is 6.69. The summed E-state index contributed by atoms with van der Waals surface area (Å²) in [5.41, 5.74) is 0.361. The SMILES string of the molecule is CCS(=O)Cc1cccc(C#N)c1F. The second kappa shape index (κ2) is 4.87. The monoisotopic (exact) mass is 211 g/mol. The fraction of sp³-hybridized carbons (Fsp3) is 0.300. The van der Waals surface area contributed by atoms with E-state index in [4.69, 9.17) is 5.26 Å². The van der Waals surface area contributed by atoms with Crippen molar-refractivity contribution in [2.24, 2.45) is 0 Å². The molecule has 0 spiro atoms. The van der Waals surface area contributed by atoms with Crippen LogP contribution in [-0.2, 0) is 16.6 Å². The molecule has 0 radical (unpaired) electrons. The van der Waals surface area contributed by atoms with Gasteiger partial charge in [0, 0.05) is 22.1 Å². The van der Waals surface area contributed by atoms with Crippen molar-refractivity contribution >= 4 is 10.8 Å². The lowest BCUT2D eigenvalue weighted by molar-refractivity contribution is 0.611. The molecule has 1 rings (SSSR count). The fourth-order valence-electron chi connectivity index (χ4n) is 1.05. The van der Waals surface area contributed by atoms with Gasteiger partial charge < -0.3 is 0 Å². The van der Waals surface area contributed by atoms with Crippen molar-refractivity contribution in [1.29, 1.82) is 5.26 Å². The average molecular weight is 211 g/mol. The molecule has 1 aromatic carbocycles. The van der Waals surface area contributed by atoms with Gasteiger partial charge in [-0.3, -0.25) is 4.21 Å². The zero-order valence-electron chi connectivity index (χ0n) is 7.79. The van der Waals surface area contributed by atoms with Gasteiger partial charge in [0.15, 0.2) is 0 Å². The van der Waals surface area contributed by atoms with Crippen molar-refractivity contribution in [3.63, 3.8) is 0 Å². The molecule has 0 bridgehead atoms. The molecule has 0 aliphatic carbocycles. The van der Waals surface area contributed by atoms with Gasteiger partial charge in [0.25, 0.3) is 0 Å². The smallest absolute Gasteiger partial charge is 0.145 e. The Hall–Kier alpha value is -1.21. The maximum atomic E-state index is 13.4. The van der Waals surface area contributed by atoms with Crippen LogP contribution in [0.3, 0.4) is 0 Å². The highest BCUT2D eigenvalue weighted by atomic mass is 32.2. The number of rotatable bonds is 3. The van der Waals surface area contributed by atoms with Gasteiger partial charge in [-0.25, -0.2) is 4.39 Å². The second-order valence-electron chi connectivity index (χ2n) is 2.76. The molecule has 0 saturated heterocycles. The van der Waals surface area contributed by atoms with E-state index in [0.29, 0.717) is 11.3 Å². The van der Waals surface area contributed by atoms with Gasteiger partial charge in [-0.1, -0.05) is 19.1 Å². The Morgan fingerprint density at radius 2 is 2.29 bits per heavy atom. The minimum Gasteiger partial charge on any atom is -0.259 e. The summed E-state index contributed by atoms with van der Waals surface area (Å²) in [6, 6.07) is 6.32. The molecule has 2 nitrogen and oxygen atoms in total. The third kappa shape index (κ3) is 2.39. The normalized spacial score (nSPS) is 12.1. The lowest BCUT2D eigenvalue weighted by atomic mass is 10.1. The summed E-state index contributed by atoms with van der Waals surface area (Å²) in [5, 5.41) is 8.57. The van der Waals surface area contributed by atoms with E-state index in [0.717, 1.165) is 0 Å². The summed E-state index contributed by atoms with van der Waals surface area (Å²) in [6.07, 6.45) is 0. The quantitative estimate of drug-likeness (QED) is 0.767. The van der Waals surface area contributed by atoms with E-state index in [2.05, 4.69) is 0 Å². The number of halogens is 1. The second-order valence-corrected chi connectivity index (χ2v) is 4.51. The largest absolute Gasteiger partial charge is 0.259 e. The fourth-order valence-corrected chi connectivity index (χ4v) is 1.83. The van der Waals surface area contributed by atoms with Crippen LogP contribution in [0.1, 0.15) is 18.1 Å². The molecule has 0 aromatic heterocycles. The van der Waals surface area contributed by atoms with Crippen LogP contribution in [0.25, 0.3) is 0 Å². The van der Waals surface area contributed by atoms with Gasteiger partial charge in [-0.05, 0) is 6.07 Å². The minimum absolute atomic E-state index is 0.00982. The van der Waals surface area contributed by atoms with Crippen molar-refractivity contribution < 1.29 is 8.60 Å². The first-order valence-electron chi connectivity index (χ1n) is 4.21. The van der Waals surface area contributed by atoms with E-state index in [9.17, 15) is 8.60 Å². The Bertz CT molecular complexity index is 398. The molecular formula is C10H10FNOS. The van der Waals surface area contributed by atoms with E-state index in [1.165, 1.54) is 6.07 Å². The Morgan fingerprint density at radius 1 is 1.57 bits per heavy atom. The summed E-state index contributed by atoms with van der Waals surface area (Å²) in [4.78, 5) is 0. The molecule has 0 heterocycles. The summed E-state index contributed by atoms with van der Waals surface area (Å²) in [7, 11) is -1.05. The highest BCUT2D eigenvalue weighted by Gasteiger charge is 2.09. The van der Waals surface area contributed by atoms with Crippen LogP contribution in [-0.4, -0.2) is 9.96 Å². The zero-order chi connectivity index (χ0) is 10.6. The lowest BCUT2D eigenvalue weighted by Crippen LogP contribution is -2.01. The van der Waals surface area contributed by atoms with E-state index in [-0.39, 0.29) is 11.3 Å². The van der Waals surface area contributed by atoms with Gasteiger partial charge in [0.1, 0.15) is 11.9 Å². The molecule has 1 unspecified atom stereocenters. The summed E-state index contributed by atoms with van der Waals surface area (Å²) < 4.78 is 24.6. The number of nitrogens with zero attached hydrogens (tertiary/aromatic N) is 1. The van der Waals surface area contributed by atoms with Crippen LogP contribution in [0.2, 0.25) is 0 Å². The van der Waals surface area contributed by atoms with E-state index in [1.54, 1.807) is 25.1 Å². The van der Waals surface area contributed by atoms with Crippen LogP contribution in [0, 0.1) is 17.1 Å². The molecule has 1 aromatic rings. The van der Waals surface area contributed by atoms with Gasteiger partial charge in [-0.2, -0.15) is 5.26 Å². The molecule has 0 N–H and O–H groups in total. The standard InChI is InChI=1S/C10H10FNOS/c1-2-14(13)7-9-5-3-4-8(6-12)10(9)11/h3-5H,2,7H2,1H3. The predicted octanol–water partition coefficient (Wildman–Crippen LogP) is 1.97. The van der Waals surface area contributed by atoms with Crippen LogP contribution >= 0.6 is 0 Å². The molecule has 0 aliphatic heterocycles. The summed E-state index contributed by atoms with van der Waals surface area (Å²) in [5.74, 6) is 0.130. The van der Waals surface area contributed by atoms with Crippen LogP contribution in [0.5, 0.6) is 0 Å². The topological polar surface area (TPSA) is 40.9 Å². The Balaban J connectivity index is 2.99. The predicted molar refractivity (Wildman–Crippen MR) is 53.5 cm³/mol. The molecular weight excluding hydrogens is 201 g/mol. The third-order valence-electron chi connectivity index (χ3n) is 1.84. The van der Waals surface area contributed by atoms with Crippen LogP contribution in [0.4, 0.5) is 4.39 Å². The van der Waals surface area contributed by atoms with Crippen molar-refractivity contribution in [2.75, 3.05) is 5.75 Å². The Morgan fingerprint density at radius 3 is 2.86 bits per heavy atom. The summed E-state index contributed by atoms with van der Waals surface area (Å²) in [6.45, 7) is 1.78. The van der Waals surface area contributed by atoms with Crippen LogP contribution < -0.4 is 0 Å². The van der Waals surface area contributed by atoms with E-state index >= 15 is 0 Å². The first-order valence-corrected chi connectivity index (χ1v) is 5.70. The molecule has 0 amide bonds. The number of benzene rings is 1. The molecule has 0 aliphatic rings. The molecule has 0 fully saturated rings. The van der Waals surface area contributed by atoms with Crippen molar-refractivity contribution in [3.05, 3.63) is 35.1 Å². The Labute approximate surface area is 84.8 Å². The first kappa shape index (κ1) is 10.9. The highest BCUT2D eigenvalue weighted by Crippen LogP contribution is 2.13. The van der Waals surface area contributed by atoms with Crippen molar-refractivity contribution in [3.8, 4) is 6.07 Å². The van der Waals surface area contributed by atoms with E-state index in [1.807, 2.05) is 0 Å². The highest BCUT2D eigenvalue weighted by molar-refractivity contribution is 7.84. The number of hydrogen-bond acceptors (Lipinski definition) is 2. The van der Waals surface area contributed by atoms with Crippen LogP contribution in [0.15, 0.2) is 18.2 Å². The minimum atomic E-state index is -1.05.